The third-order valence-electron chi connectivity index (χ3n) is 3.68. The van der Waals surface area contributed by atoms with Gasteiger partial charge in [0.2, 0.25) is 13.8 Å². The SMILES string of the molecule is NS(=O)(=O)c1ccc(N[C@H](NC(=O)c2cc([N+](=O)[O-])cc([N+](=O)[O-])c2)C(Cl)(Cl)Cl)cc1. The Hall–Kier alpha value is -2.71. The molecule has 0 radical (unpaired) electrons. The van der Waals surface area contributed by atoms with Crippen LogP contribution < -0.4 is 15.8 Å². The van der Waals surface area contributed by atoms with Crippen LogP contribution in [0.1, 0.15) is 10.4 Å². The van der Waals surface area contributed by atoms with Crippen molar-refractivity contribution in [2.24, 2.45) is 5.14 Å². The van der Waals surface area contributed by atoms with E-state index in [4.69, 9.17) is 39.9 Å². The summed E-state index contributed by atoms with van der Waals surface area (Å²) in [6.45, 7) is 0. The van der Waals surface area contributed by atoms with Crippen LogP contribution >= 0.6 is 34.8 Å². The first-order chi connectivity index (χ1) is 14.2. The molecule has 16 heteroatoms. The minimum absolute atomic E-state index is 0.184. The Morgan fingerprint density at radius 3 is 1.87 bits per heavy atom. The molecular weight excluding hydrogens is 501 g/mol. The number of nitro benzene ring substituents is 2. The number of amides is 1. The van der Waals surface area contributed by atoms with Gasteiger partial charge >= 0.3 is 0 Å². The van der Waals surface area contributed by atoms with Gasteiger partial charge in [0.05, 0.1) is 26.4 Å². The summed E-state index contributed by atoms with van der Waals surface area (Å²) in [5.74, 6) is -1.02. The molecule has 0 aliphatic carbocycles. The third-order valence-corrected chi connectivity index (χ3v) is 5.27. The van der Waals surface area contributed by atoms with Crippen LogP contribution in [0.5, 0.6) is 0 Å². The van der Waals surface area contributed by atoms with Crippen LogP contribution in [0, 0.1) is 20.2 Å². The van der Waals surface area contributed by atoms with Crippen molar-refractivity contribution in [3.05, 3.63) is 68.3 Å². The predicted molar refractivity (Wildman–Crippen MR) is 113 cm³/mol. The van der Waals surface area contributed by atoms with E-state index in [-0.39, 0.29) is 10.6 Å². The van der Waals surface area contributed by atoms with Gasteiger partial charge in [-0.1, -0.05) is 34.8 Å². The molecule has 1 amide bonds. The van der Waals surface area contributed by atoms with E-state index in [1.54, 1.807) is 0 Å². The highest BCUT2D eigenvalue weighted by Crippen LogP contribution is 2.32. The molecule has 31 heavy (non-hydrogen) atoms. The molecule has 4 N–H and O–H groups in total. The summed E-state index contributed by atoms with van der Waals surface area (Å²) in [4.78, 5) is 32.6. The van der Waals surface area contributed by atoms with Gasteiger partial charge in [0.1, 0.15) is 6.17 Å². The van der Waals surface area contributed by atoms with Crippen molar-refractivity contribution in [3.63, 3.8) is 0 Å². The van der Waals surface area contributed by atoms with Gasteiger partial charge in [0, 0.05) is 17.8 Å². The topological polar surface area (TPSA) is 188 Å². The van der Waals surface area contributed by atoms with Crippen LogP contribution in [0.3, 0.4) is 0 Å². The van der Waals surface area contributed by atoms with E-state index in [1.807, 2.05) is 0 Å². The second-order valence-electron chi connectivity index (χ2n) is 5.91. The fourth-order valence-electron chi connectivity index (χ4n) is 2.26. The number of nitrogens with one attached hydrogen (secondary N) is 2. The number of primary sulfonamides is 1. The van der Waals surface area contributed by atoms with Gasteiger partial charge in [-0.25, -0.2) is 13.6 Å². The van der Waals surface area contributed by atoms with Crippen molar-refractivity contribution < 1.29 is 23.1 Å². The fourth-order valence-corrected chi connectivity index (χ4v) is 3.10. The van der Waals surface area contributed by atoms with E-state index >= 15 is 0 Å². The number of carbonyl (C=O) groups excluding carboxylic acids is 1. The molecule has 2 rings (SSSR count). The Bertz CT molecular complexity index is 1100. The Balaban J connectivity index is 2.32. The summed E-state index contributed by atoms with van der Waals surface area (Å²) in [5.41, 5.74) is -1.58. The number of alkyl halides is 3. The molecule has 0 aliphatic rings. The number of nitrogens with zero attached hydrogens (tertiary/aromatic N) is 2. The predicted octanol–water partition coefficient (Wildman–Crippen LogP) is 2.69. The molecule has 2 aromatic rings. The van der Waals surface area contributed by atoms with Crippen LogP contribution in [0.4, 0.5) is 17.1 Å². The molecule has 2 aromatic carbocycles. The van der Waals surface area contributed by atoms with E-state index in [0.29, 0.717) is 6.07 Å². The Kier molecular flexibility index (Phi) is 7.28. The van der Waals surface area contributed by atoms with E-state index < -0.39 is 52.7 Å². The Morgan fingerprint density at radius 2 is 1.48 bits per heavy atom. The van der Waals surface area contributed by atoms with Gasteiger partial charge in [-0.3, -0.25) is 25.0 Å². The zero-order valence-electron chi connectivity index (χ0n) is 15.0. The first kappa shape index (κ1) is 24.6. The molecule has 0 unspecified atom stereocenters. The summed E-state index contributed by atoms with van der Waals surface area (Å²) < 4.78 is 20.5. The lowest BCUT2D eigenvalue weighted by Gasteiger charge is -2.27. The maximum atomic E-state index is 12.6. The quantitative estimate of drug-likeness (QED) is 0.218. The summed E-state index contributed by atoms with van der Waals surface area (Å²) >= 11 is 17.6. The molecule has 0 saturated carbocycles. The van der Waals surface area contributed by atoms with Gasteiger partial charge in [-0.15, -0.1) is 0 Å². The normalized spacial score (nSPS) is 12.6. The van der Waals surface area contributed by atoms with Crippen molar-refractivity contribution in [2.75, 3.05) is 5.32 Å². The average molecular weight is 513 g/mol. The van der Waals surface area contributed by atoms with Gasteiger partial charge in [-0.2, -0.15) is 0 Å². The number of carbonyl (C=O) groups is 1. The molecule has 0 fully saturated rings. The molecule has 0 spiro atoms. The largest absolute Gasteiger partial charge is 0.362 e. The number of halogens is 3. The van der Waals surface area contributed by atoms with Crippen LogP contribution in [-0.2, 0) is 10.0 Å². The number of anilines is 1. The van der Waals surface area contributed by atoms with E-state index in [0.717, 1.165) is 12.1 Å². The minimum Gasteiger partial charge on any atom is -0.362 e. The molecule has 0 bridgehead atoms. The van der Waals surface area contributed by atoms with Crippen LogP contribution in [0.2, 0.25) is 0 Å². The number of rotatable bonds is 7. The lowest BCUT2D eigenvalue weighted by atomic mass is 10.1. The van der Waals surface area contributed by atoms with Crippen LogP contribution in [0.25, 0.3) is 0 Å². The highest BCUT2D eigenvalue weighted by atomic mass is 35.6. The zero-order valence-corrected chi connectivity index (χ0v) is 18.1. The number of hydrogen-bond acceptors (Lipinski definition) is 8. The average Bonchev–Trinajstić information content (AvgIpc) is 2.65. The minimum atomic E-state index is -3.94. The molecule has 0 heterocycles. The Morgan fingerprint density at radius 1 is 1.00 bits per heavy atom. The van der Waals surface area contributed by atoms with Gasteiger partial charge in [0.15, 0.2) is 0 Å². The van der Waals surface area contributed by atoms with Crippen molar-refractivity contribution >= 4 is 67.8 Å². The van der Waals surface area contributed by atoms with Gasteiger partial charge in [0.25, 0.3) is 17.3 Å². The zero-order chi connectivity index (χ0) is 23.6. The van der Waals surface area contributed by atoms with E-state index in [1.165, 1.54) is 24.3 Å². The summed E-state index contributed by atoms with van der Waals surface area (Å²) in [5, 5.41) is 31.9. The van der Waals surface area contributed by atoms with Crippen molar-refractivity contribution in [1.82, 2.24) is 5.32 Å². The maximum absolute atomic E-state index is 12.6. The lowest BCUT2D eigenvalue weighted by Crippen LogP contribution is -2.49. The van der Waals surface area contributed by atoms with Crippen LogP contribution in [0.15, 0.2) is 47.4 Å². The summed E-state index contributed by atoms with van der Waals surface area (Å²) in [6.07, 6.45) is -1.43. The molecule has 0 aliphatic heterocycles. The molecule has 1 atom stereocenters. The summed E-state index contributed by atoms with van der Waals surface area (Å²) in [6, 6.07) is 7.23. The maximum Gasteiger partial charge on any atom is 0.277 e. The second-order valence-corrected chi connectivity index (χ2v) is 9.84. The number of benzene rings is 2. The number of non-ortho nitro benzene ring substituents is 2. The second kappa shape index (κ2) is 9.20. The van der Waals surface area contributed by atoms with Crippen molar-refractivity contribution in [2.45, 2.75) is 14.9 Å². The third kappa shape index (κ3) is 6.63. The first-order valence-corrected chi connectivity index (χ1v) is 10.6. The molecule has 166 valence electrons. The Labute approximate surface area is 189 Å². The first-order valence-electron chi connectivity index (χ1n) is 7.89. The van der Waals surface area contributed by atoms with E-state index in [2.05, 4.69) is 10.6 Å². The molecule has 0 saturated heterocycles. The highest BCUT2D eigenvalue weighted by molar-refractivity contribution is 7.89. The fraction of sp³-hybridized carbons (Fsp3) is 0.133. The smallest absolute Gasteiger partial charge is 0.277 e. The number of sulfonamides is 1. The lowest BCUT2D eigenvalue weighted by molar-refractivity contribution is -0.394. The summed E-state index contributed by atoms with van der Waals surface area (Å²) in [7, 11) is -3.94. The molecular formula is C15H12Cl3N5O7S. The van der Waals surface area contributed by atoms with Gasteiger partial charge in [-0.05, 0) is 24.3 Å². The number of hydrogen-bond donors (Lipinski definition) is 3. The van der Waals surface area contributed by atoms with E-state index in [9.17, 15) is 33.4 Å². The molecule has 0 aromatic heterocycles. The standard InChI is InChI=1S/C15H12Cl3N5O7S/c16-15(17,18)14(20-9-1-3-12(4-2-9)31(19,29)30)21-13(24)8-5-10(22(25)26)7-11(6-8)23(27)28/h1-7,14,20H,(H,21,24)(H2,19,29,30)/t14-/m1/s1. The van der Waals surface area contributed by atoms with Crippen molar-refractivity contribution in [1.29, 1.82) is 0 Å². The number of nitro groups is 2. The monoisotopic (exact) mass is 511 g/mol. The number of nitrogens with two attached hydrogens (primary N) is 1. The van der Waals surface area contributed by atoms with Gasteiger partial charge < -0.3 is 10.6 Å². The highest BCUT2D eigenvalue weighted by Gasteiger charge is 2.35. The molecule has 12 nitrogen and oxygen atoms in total. The van der Waals surface area contributed by atoms with Crippen molar-refractivity contribution in [3.8, 4) is 0 Å². The van der Waals surface area contributed by atoms with Crippen LogP contribution in [-0.4, -0.2) is 34.1 Å².